The quantitative estimate of drug-likeness (QED) is 0.366. The molecule has 0 saturated carbocycles. The fourth-order valence-electron chi connectivity index (χ4n) is 1.95. The van der Waals surface area contributed by atoms with E-state index >= 15 is 0 Å². The van der Waals surface area contributed by atoms with Crippen LogP contribution >= 0.6 is 0 Å². The van der Waals surface area contributed by atoms with Crippen molar-refractivity contribution in [2.45, 2.75) is 51.9 Å². The van der Waals surface area contributed by atoms with Crippen LogP contribution in [0.1, 0.15) is 62.2 Å². The molecule has 0 fully saturated rings. The normalized spacial score (nSPS) is 10.2. The van der Waals surface area contributed by atoms with Crippen molar-refractivity contribution in [2.75, 3.05) is 6.61 Å². The Hall–Kier alpha value is -1.64. The first-order valence-corrected chi connectivity index (χ1v) is 7.48. The zero-order chi connectivity index (χ0) is 14.6. The zero-order valence-corrected chi connectivity index (χ0v) is 12.3. The predicted molar refractivity (Wildman–Crippen MR) is 79.7 cm³/mol. The molecule has 0 atom stereocenters. The Bertz CT molecular complexity index is 398. The van der Waals surface area contributed by atoms with Gasteiger partial charge in [0.1, 0.15) is 0 Å². The van der Waals surface area contributed by atoms with Crippen LogP contribution < -0.4 is 0 Å². The maximum absolute atomic E-state index is 11.8. The van der Waals surface area contributed by atoms with Crippen molar-refractivity contribution >= 4 is 11.8 Å². The van der Waals surface area contributed by atoms with Gasteiger partial charge in [0, 0.05) is 12.0 Å². The SMILES string of the molecule is CCCCCCCOC(=O)CCC(=O)c1ccccc1. The molecule has 20 heavy (non-hydrogen) atoms. The molecule has 0 aliphatic carbocycles. The molecule has 0 spiro atoms. The monoisotopic (exact) mass is 276 g/mol. The molecule has 3 nitrogen and oxygen atoms in total. The minimum Gasteiger partial charge on any atom is -0.466 e. The van der Waals surface area contributed by atoms with E-state index in [1.165, 1.54) is 19.3 Å². The second-order valence-corrected chi connectivity index (χ2v) is 4.92. The maximum Gasteiger partial charge on any atom is 0.306 e. The summed E-state index contributed by atoms with van der Waals surface area (Å²) >= 11 is 0. The summed E-state index contributed by atoms with van der Waals surface area (Å²) in [6.07, 6.45) is 6.05. The Morgan fingerprint density at radius 2 is 1.65 bits per heavy atom. The van der Waals surface area contributed by atoms with Crippen LogP contribution in [0.3, 0.4) is 0 Å². The molecule has 1 aromatic carbocycles. The molecule has 0 aromatic heterocycles. The molecule has 0 heterocycles. The largest absolute Gasteiger partial charge is 0.466 e. The fraction of sp³-hybridized carbons (Fsp3) is 0.529. The van der Waals surface area contributed by atoms with Gasteiger partial charge in [-0.25, -0.2) is 0 Å². The highest BCUT2D eigenvalue weighted by Crippen LogP contribution is 2.07. The minimum atomic E-state index is -0.273. The van der Waals surface area contributed by atoms with Crippen molar-refractivity contribution in [1.82, 2.24) is 0 Å². The third-order valence-electron chi connectivity index (χ3n) is 3.16. The van der Waals surface area contributed by atoms with Gasteiger partial charge in [-0.05, 0) is 6.42 Å². The summed E-state index contributed by atoms with van der Waals surface area (Å²) in [6, 6.07) is 9.04. The summed E-state index contributed by atoms with van der Waals surface area (Å²) in [6.45, 7) is 2.64. The van der Waals surface area contributed by atoms with Gasteiger partial charge in [0.15, 0.2) is 5.78 Å². The van der Waals surface area contributed by atoms with Gasteiger partial charge < -0.3 is 4.74 Å². The number of ether oxygens (including phenoxy) is 1. The summed E-state index contributed by atoms with van der Waals surface area (Å²) < 4.78 is 5.12. The van der Waals surface area contributed by atoms with Crippen molar-refractivity contribution in [3.63, 3.8) is 0 Å². The zero-order valence-electron chi connectivity index (χ0n) is 12.3. The Labute approximate surface area is 121 Å². The van der Waals surface area contributed by atoms with E-state index in [2.05, 4.69) is 6.92 Å². The van der Waals surface area contributed by atoms with Crippen molar-refractivity contribution in [2.24, 2.45) is 0 Å². The Balaban J connectivity index is 2.09. The number of benzene rings is 1. The second-order valence-electron chi connectivity index (χ2n) is 4.92. The number of Topliss-reactive ketones (excluding diaryl/α,β-unsaturated/α-hetero) is 1. The first-order valence-electron chi connectivity index (χ1n) is 7.48. The molecule has 1 aromatic rings. The van der Waals surface area contributed by atoms with Crippen LogP contribution in [0.5, 0.6) is 0 Å². The van der Waals surface area contributed by atoms with E-state index in [4.69, 9.17) is 4.74 Å². The Morgan fingerprint density at radius 3 is 2.35 bits per heavy atom. The second kappa shape index (κ2) is 10.2. The van der Waals surface area contributed by atoms with Gasteiger partial charge >= 0.3 is 5.97 Å². The van der Waals surface area contributed by atoms with E-state index in [-0.39, 0.29) is 24.6 Å². The topological polar surface area (TPSA) is 43.4 Å². The van der Waals surface area contributed by atoms with Crippen LogP contribution in [0, 0.1) is 0 Å². The molecule has 0 saturated heterocycles. The van der Waals surface area contributed by atoms with Crippen molar-refractivity contribution in [3.05, 3.63) is 35.9 Å². The molecule has 0 N–H and O–H groups in total. The lowest BCUT2D eigenvalue weighted by Gasteiger charge is -2.04. The van der Waals surface area contributed by atoms with Gasteiger partial charge in [0.25, 0.3) is 0 Å². The lowest BCUT2D eigenvalue weighted by molar-refractivity contribution is -0.143. The number of esters is 1. The van der Waals surface area contributed by atoms with Crippen LogP contribution in [0.2, 0.25) is 0 Å². The number of unbranched alkanes of at least 4 members (excludes halogenated alkanes) is 4. The molecule has 0 aliphatic heterocycles. The molecule has 0 aliphatic rings. The van der Waals surface area contributed by atoms with Crippen LogP contribution in [0.15, 0.2) is 30.3 Å². The molecular formula is C17H24O3. The van der Waals surface area contributed by atoms with Crippen LogP contribution in [-0.2, 0) is 9.53 Å². The van der Waals surface area contributed by atoms with E-state index in [1.807, 2.05) is 18.2 Å². The van der Waals surface area contributed by atoms with Gasteiger partial charge in [0.2, 0.25) is 0 Å². The highest BCUT2D eigenvalue weighted by molar-refractivity contribution is 5.97. The van der Waals surface area contributed by atoms with E-state index in [0.717, 1.165) is 12.8 Å². The van der Waals surface area contributed by atoms with Crippen LogP contribution in [0.4, 0.5) is 0 Å². The van der Waals surface area contributed by atoms with Gasteiger partial charge in [-0.3, -0.25) is 9.59 Å². The summed E-state index contributed by atoms with van der Waals surface area (Å²) in [4.78, 5) is 23.3. The number of hydrogen-bond donors (Lipinski definition) is 0. The Morgan fingerprint density at radius 1 is 0.950 bits per heavy atom. The van der Waals surface area contributed by atoms with E-state index in [0.29, 0.717) is 12.2 Å². The highest BCUT2D eigenvalue weighted by Gasteiger charge is 2.09. The molecule has 110 valence electrons. The molecular weight excluding hydrogens is 252 g/mol. The average Bonchev–Trinajstić information content (AvgIpc) is 2.49. The fourth-order valence-corrected chi connectivity index (χ4v) is 1.95. The highest BCUT2D eigenvalue weighted by atomic mass is 16.5. The maximum atomic E-state index is 11.8. The standard InChI is InChI=1S/C17H24O3/c1-2-3-4-5-9-14-20-17(19)13-12-16(18)15-10-7-6-8-11-15/h6-8,10-11H,2-5,9,12-14H2,1H3. The van der Waals surface area contributed by atoms with Crippen molar-refractivity contribution < 1.29 is 14.3 Å². The van der Waals surface area contributed by atoms with Gasteiger partial charge in [-0.15, -0.1) is 0 Å². The molecule has 0 bridgehead atoms. The predicted octanol–water partition coefficient (Wildman–Crippen LogP) is 4.16. The molecule has 0 radical (unpaired) electrons. The first kappa shape index (κ1) is 16.4. The first-order chi connectivity index (χ1) is 9.74. The lowest BCUT2D eigenvalue weighted by atomic mass is 10.1. The van der Waals surface area contributed by atoms with E-state index < -0.39 is 0 Å². The number of carbonyl (C=O) groups is 2. The van der Waals surface area contributed by atoms with Gasteiger partial charge in [-0.2, -0.15) is 0 Å². The summed E-state index contributed by atoms with van der Waals surface area (Å²) in [5.74, 6) is -0.282. The summed E-state index contributed by atoms with van der Waals surface area (Å²) in [5, 5.41) is 0. The van der Waals surface area contributed by atoms with Gasteiger partial charge in [0.05, 0.1) is 13.0 Å². The van der Waals surface area contributed by atoms with E-state index in [1.54, 1.807) is 12.1 Å². The third kappa shape index (κ3) is 7.07. The van der Waals surface area contributed by atoms with E-state index in [9.17, 15) is 9.59 Å². The number of ketones is 1. The smallest absolute Gasteiger partial charge is 0.306 e. The summed E-state index contributed by atoms with van der Waals surface area (Å²) in [7, 11) is 0. The molecule has 3 heteroatoms. The number of rotatable bonds is 10. The summed E-state index contributed by atoms with van der Waals surface area (Å²) in [5.41, 5.74) is 0.653. The lowest BCUT2D eigenvalue weighted by Crippen LogP contribution is -2.09. The number of carbonyl (C=O) groups excluding carboxylic acids is 2. The van der Waals surface area contributed by atoms with Crippen molar-refractivity contribution in [1.29, 1.82) is 0 Å². The minimum absolute atomic E-state index is 0.00880. The van der Waals surface area contributed by atoms with Crippen LogP contribution in [-0.4, -0.2) is 18.4 Å². The van der Waals surface area contributed by atoms with Crippen LogP contribution in [0.25, 0.3) is 0 Å². The molecule has 0 amide bonds. The number of hydrogen-bond acceptors (Lipinski definition) is 3. The third-order valence-corrected chi connectivity index (χ3v) is 3.16. The van der Waals surface area contributed by atoms with Gasteiger partial charge in [-0.1, -0.05) is 62.9 Å². The molecule has 1 rings (SSSR count). The van der Waals surface area contributed by atoms with Crippen molar-refractivity contribution in [3.8, 4) is 0 Å². The Kier molecular flexibility index (Phi) is 8.36. The molecule has 0 unspecified atom stereocenters. The average molecular weight is 276 g/mol.